The fraction of sp³-hybridized carbons (Fsp3) is 0.441. The molecule has 4 aliphatic rings. The summed E-state index contributed by atoms with van der Waals surface area (Å²) in [6.45, 7) is 8.82. The summed E-state index contributed by atoms with van der Waals surface area (Å²) in [7, 11) is 23.8. The number of allylic oxidation sites excluding steroid dienone is 10. The van der Waals surface area contributed by atoms with Crippen molar-refractivity contribution in [2.75, 3.05) is 179 Å². The second-order valence-corrected chi connectivity index (χ2v) is 31.4. The molecule has 2 aromatic carbocycles. The molecule has 2 saturated heterocycles. The van der Waals surface area contributed by atoms with Crippen LogP contribution in [0, 0.1) is 29.7 Å². The average molecular weight is 1830 g/mol. The second-order valence-electron chi connectivity index (χ2n) is 14.4. The van der Waals surface area contributed by atoms with E-state index in [9.17, 15) is 19.2 Å². The molecule has 0 bridgehead atoms. The monoisotopic (exact) mass is 1830 g/mol. The van der Waals surface area contributed by atoms with E-state index in [0.717, 1.165) is 57.7 Å². The zero-order valence-corrected chi connectivity index (χ0v) is 79.6. The number of methoxy groups -OCH3 is 3. The molecule has 0 saturated carbocycles. The Morgan fingerprint density at radius 3 is 0.824 bits per heavy atom. The number of thioether (sulfide) groups is 6. The van der Waals surface area contributed by atoms with Gasteiger partial charge in [-0.1, -0.05) is 173 Å². The first kappa shape index (κ1) is 150. The molecule has 7 N–H and O–H groups in total. The van der Waals surface area contributed by atoms with Gasteiger partial charge in [0, 0.05) is 75.3 Å². The van der Waals surface area contributed by atoms with E-state index >= 15 is 0 Å². The smallest absolute Gasteiger partial charge is 0.449 e. The van der Waals surface area contributed by atoms with E-state index in [4.69, 9.17) is 87.2 Å². The first-order valence-corrected chi connectivity index (χ1v) is 48.1. The zero-order valence-electron chi connectivity index (χ0n) is 66.6. The largest absolute Gasteiger partial charge is 0.508 e. The molecule has 0 atom stereocenters. The Morgan fingerprint density at radius 2 is 0.648 bits per heavy atom. The van der Waals surface area contributed by atoms with Crippen molar-refractivity contribution >= 4 is 240 Å². The highest BCUT2D eigenvalue weighted by Gasteiger charge is 2.04. The Kier molecular flexibility index (Phi) is 211. The van der Waals surface area contributed by atoms with E-state index in [-0.39, 0.29) is 73.6 Å². The molecule has 6 rings (SSSR count). The predicted molar refractivity (Wildman–Crippen MR) is 491 cm³/mol. The first-order chi connectivity index (χ1) is 50.0. The SMILES string of the molecule is C1CS1.C1CS1.C=C1C=CC(=S)C=C1.C=C1C=CC(=S)C=C1.CN.CN.CNC(=O)OCCSSC.CO.CO.COC(=O)OCCSSC.COC(=O)OCc1ccc(SSC)cc1.COC(=O)OCc1ccc(SSC)cc1.CSC.CSC.CSC.CSC.O=C=O.O=C=O.O=C=O.O=C=O.[CH3-].[CH3-].[CH3-].[CH3-]. The number of carbonyl (C=O) groups excluding carboxylic acids is 12. The summed E-state index contributed by atoms with van der Waals surface area (Å²) in [4.78, 5) is 111. The van der Waals surface area contributed by atoms with Gasteiger partial charge in [-0.3, -0.25) is 0 Å². The van der Waals surface area contributed by atoms with Crippen molar-refractivity contribution in [2.45, 2.75) is 23.0 Å². The summed E-state index contributed by atoms with van der Waals surface area (Å²) in [5.41, 5.74) is 12.9. The molecule has 24 nitrogen and oxygen atoms in total. The summed E-state index contributed by atoms with van der Waals surface area (Å²) in [6, 6.07) is 15.7. The fourth-order valence-electron chi connectivity index (χ4n) is 3.48. The summed E-state index contributed by atoms with van der Waals surface area (Å²) in [5, 5.41) is 16.4. The number of nitrogens with one attached hydrogen (secondary N) is 1. The lowest BCUT2D eigenvalue weighted by atomic mass is 10.1. The van der Waals surface area contributed by atoms with Gasteiger partial charge in [-0.25, -0.2) is 19.2 Å². The van der Waals surface area contributed by atoms with Crippen LogP contribution in [-0.2, 0) is 84.7 Å². The van der Waals surface area contributed by atoms with Crippen molar-refractivity contribution in [3.8, 4) is 0 Å². The minimum absolute atomic E-state index is 0. The van der Waals surface area contributed by atoms with Crippen molar-refractivity contribution in [3.05, 3.63) is 162 Å². The molecule has 2 fully saturated rings. The third kappa shape index (κ3) is 190. The van der Waals surface area contributed by atoms with E-state index < -0.39 is 18.5 Å². The van der Waals surface area contributed by atoms with Crippen LogP contribution >= 0.6 is 181 Å². The molecule has 108 heavy (non-hydrogen) atoms. The van der Waals surface area contributed by atoms with Gasteiger partial charge in [0.25, 0.3) is 0 Å². The molecule has 40 heteroatoms. The summed E-state index contributed by atoms with van der Waals surface area (Å²) in [5.74, 6) is 7.31. The Hall–Kier alpha value is -3.60. The molecule has 2 aromatic rings. The molecule has 2 aliphatic heterocycles. The van der Waals surface area contributed by atoms with Crippen LogP contribution < -0.4 is 16.8 Å². The Labute approximate surface area is 715 Å². The van der Waals surface area contributed by atoms with Crippen LogP contribution in [0.1, 0.15) is 11.1 Å². The van der Waals surface area contributed by atoms with E-state index in [1.807, 2.05) is 196 Å². The van der Waals surface area contributed by atoms with Crippen LogP contribution in [0.3, 0.4) is 0 Å². The van der Waals surface area contributed by atoms with Crippen molar-refractivity contribution < 1.29 is 101 Å². The number of hydrogen-bond acceptors (Lipinski definition) is 39. The molecular formula is C68H119N3O21S16-4. The van der Waals surface area contributed by atoms with Gasteiger partial charge in [-0.05, 0) is 160 Å². The lowest BCUT2D eigenvalue weighted by molar-refractivity contribution is -0.193. The molecule has 1 amide bonds. The minimum atomic E-state index is -0.655. The number of thiocarbonyl (C=S) groups is 2. The number of carbonyl (C=O) groups is 4. The van der Waals surface area contributed by atoms with Crippen LogP contribution in [0.4, 0.5) is 19.2 Å². The number of alkyl carbamates (subject to hydrolysis) is 1. The normalized spacial score (nSPS) is 9.48. The Bertz CT molecular complexity index is 2190. The van der Waals surface area contributed by atoms with Gasteiger partial charge in [0.15, 0.2) is 0 Å². The van der Waals surface area contributed by atoms with Crippen LogP contribution in [-0.4, -0.2) is 249 Å². The second kappa shape index (κ2) is 152. The maximum absolute atomic E-state index is 10.7. The standard InChI is InChI=1S/2C10H12O3S2.2C7H6S.C5H11NO2S2.C5H10O3S2.2C2H4S.4C2H6S.2CH5N.4CO2.2CH4O.4CH3/c2*1-12-10(11)13-7-8-3-5-9(6-4-8)15-14-2;2*1-6-2-4-7(8)5-3-6;1-6-5(7)8-3-4-10-9-2;1-7-5(6)8-3-4-10-9-2;2*1-2-3-1;4*1-3-2;2*1-2;4*2-1-3;2*1-2;;;;/h2*3-6H,7H2,1-2H3;2*2-5H,1H2;3-4H2,1-2H3,(H,6,7);3-4H2,1-2H3;2*1-2H2;4*1-2H3;2*2H2,1H3;;;;;2*2H,1H3;4*1H3/q;;;;;;;;;;;;;;;;;;;;4*-1. The van der Waals surface area contributed by atoms with Gasteiger partial charge in [-0.2, -0.15) is 109 Å². The molecular weight excluding hydrogens is 1710 g/mol. The lowest BCUT2D eigenvalue weighted by Crippen LogP contribution is -2.20. The highest BCUT2D eigenvalue weighted by atomic mass is 33.1. The predicted octanol–water partition coefficient (Wildman–Crippen LogP) is 17.1. The van der Waals surface area contributed by atoms with Crippen LogP contribution in [0.2, 0.25) is 0 Å². The quantitative estimate of drug-likeness (QED) is 0.0198. The number of nitrogens with two attached hydrogens (primary N) is 2. The van der Waals surface area contributed by atoms with Crippen molar-refractivity contribution in [1.29, 1.82) is 0 Å². The third-order valence-electron chi connectivity index (χ3n) is 6.90. The maximum Gasteiger partial charge on any atom is 0.508 e. The van der Waals surface area contributed by atoms with Gasteiger partial charge >= 0.3 is 49.2 Å². The molecule has 0 unspecified atom stereocenters. The van der Waals surface area contributed by atoms with Crippen LogP contribution in [0.5, 0.6) is 0 Å². The fourth-order valence-corrected chi connectivity index (χ4v) is 8.50. The van der Waals surface area contributed by atoms with Gasteiger partial charge < -0.3 is 89.9 Å². The number of rotatable bonds is 16. The van der Waals surface area contributed by atoms with Crippen LogP contribution in [0.25, 0.3) is 0 Å². The van der Waals surface area contributed by atoms with E-state index in [2.05, 4.69) is 48.9 Å². The molecule has 0 radical (unpaired) electrons. The number of aliphatic hydroxyl groups excluding tert-OH is 2. The first-order valence-electron chi connectivity index (χ1n) is 27.9. The number of aliphatic hydroxyl groups is 2. The molecule has 2 aliphatic carbocycles. The Morgan fingerprint density at radius 1 is 0.435 bits per heavy atom. The van der Waals surface area contributed by atoms with Crippen molar-refractivity contribution in [1.82, 2.24) is 5.32 Å². The van der Waals surface area contributed by atoms with E-state index in [1.54, 1.807) is 140 Å². The van der Waals surface area contributed by atoms with Crippen LogP contribution in [0.15, 0.2) is 131 Å². The average Bonchev–Trinajstić information content (AvgIpc) is 1.93. The minimum Gasteiger partial charge on any atom is -0.449 e. The molecule has 2 heterocycles. The molecule has 632 valence electrons. The summed E-state index contributed by atoms with van der Waals surface area (Å²) in [6.07, 6.45) is 38.2. The van der Waals surface area contributed by atoms with Gasteiger partial charge in [0.2, 0.25) is 0 Å². The maximum atomic E-state index is 10.7. The number of ether oxygens (including phenoxy) is 7. The molecule has 0 spiro atoms. The van der Waals surface area contributed by atoms with Gasteiger partial charge in [0.05, 0.1) is 21.3 Å². The summed E-state index contributed by atoms with van der Waals surface area (Å²) < 4.78 is 31.9. The van der Waals surface area contributed by atoms with Crippen molar-refractivity contribution in [3.63, 3.8) is 0 Å². The van der Waals surface area contributed by atoms with E-state index in [0.29, 0.717) is 13.2 Å². The van der Waals surface area contributed by atoms with Gasteiger partial charge in [-0.15, -0.1) is 0 Å². The lowest BCUT2D eigenvalue weighted by Gasteiger charge is -2.03. The highest BCUT2D eigenvalue weighted by Crippen LogP contribution is 2.29. The number of hydrogen-bond donors (Lipinski definition) is 5. The van der Waals surface area contributed by atoms with Crippen molar-refractivity contribution in [2.24, 2.45) is 11.5 Å². The zero-order chi connectivity index (χ0) is 83.7. The van der Waals surface area contributed by atoms with E-state index in [1.165, 1.54) is 68.2 Å². The molecule has 0 aromatic heterocycles. The van der Waals surface area contributed by atoms with Gasteiger partial charge in [0.1, 0.15) is 26.4 Å². The summed E-state index contributed by atoms with van der Waals surface area (Å²) >= 11 is 20.7. The number of benzene rings is 2. The third-order valence-corrected chi connectivity index (χ3v) is 15.2. The topological polar surface area (TPSA) is 374 Å². The highest BCUT2D eigenvalue weighted by molar-refractivity contribution is 8.77. The number of amides is 1. The Balaban J connectivity index is -0.0000000514.